The third-order valence-electron chi connectivity index (χ3n) is 5.14. The molecule has 0 saturated carbocycles. The van der Waals surface area contributed by atoms with Gasteiger partial charge in [-0.1, -0.05) is 24.3 Å². The van der Waals surface area contributed by atoms with Gasteiger partial charge in [0.2, 0.25) is 0 Å². The molecule has 1 atom stereocenters. The van der Waals surface area contributed by atoms with Gasteiger partial charge < -0.3 is 19.7 Å². The minimum absolute atomic E-state index is 0.00154. The van der Waals surface area contributed by atoms with Crippen LogP contribution in [0.2, 0.25) is 0 Å². The molecular weight excluding hydrogens is 396 g/mol. The van der Waals surface area contributed by atoms with E-state index in [1.54, 1.807) is 41.3 Å². The summed E-state index contributed by atoms with van der Waals surface area (Å²) in [7, 11) is 1.29. The minimum Gasteiger partial charge on any atom is -0.491 e. The number of anilines is 1. The molecular formula is C24H28N2O5. The van der Waals surface area contributed by atoms with Crippen molar-refractivity contribution in [2.24, 2.45) is 5.92 Å². The van der Waals surface area contributed by atoms with Crippen molar-refractivity contribution in [2.75, 3.05) is 25.5 Å². The van der Waals surface area contributed by atoms with Crippen LogP contribution in [-0.2, 0) is 4.74 Å². The zero-order valence-corrected chi connectivity index (χ0v) is 18.1. The van der Waals surface area contributed by atoms with E-state index in [1.807, 2.05) is 26.0 Å². The first-order chi connectivity index (χ1) is 14.9. The summed E-state index contributed by atoms with van der Waals surface area (Å²) >= 11 is 0. The number of nitrogens with one attached hydrogen (secondary N) is 1. The van der Waals surface area contributed by atoms with E-state index in [-0.39, 0.29) is 29.4 Å². The van der Waals surface area contributed by atoms with Crippen LogP contribution in [0.3, 0.4) is 0 Å². The first-order valence-electron chi connectivity index (χ1n) is 10.4. The molecule has 0 aromatic heterocycles. The Morgan fingerprint density at radius 1 is 1.10 bits per heavy atom. The molecule has 1 N–H and O–H groups in total. The van der Waals surface area contributed by atoms with Crippen molar-refractivity contribution in [1.82, 2.24) is 4.90 Å². The van der Waals surface area contributed by atoms with Crippen molar-refractivity contribution >= 4 is 23.5 Å². The van der Waals surface area contributed by atoms with Crippen molar-refractivity contribution in [2.45, 2.75) is 32.8 Å². The van der Waals surface area contributed by atoms with Gasteiger partial charge >= 0.3 is 12.0 Å². The average molecular weight is 424 g/mol. The average Bonchev–Trinajstić information content (AvgIpc) is 2.78. The number of ketones is 1. The number of hydrogen-bond acceptors (Lipinski definition) is 5. The normalized spacial score (nSPS) is 16.0. The first kappa shape index (κ1) is 22.3. The molecule has 1 saturated heterocycles. The molecule has 1 aliphatic rings. The summed E-state index contributed by atoms with van der Waals surface area (Å²) in [5.74, 6) is -0.150. The van der Waals surface area contributed by atoms with Gasteiger partial charge in [-0.05, 0) is 51.0 Å². The molecule has 2 aromatic carbocycles. The second-order valence-electron chi connectivity index (χ2n) is 7.81. The van der Waals surface area contributed by atoms with Crippen LogP contribution in [0.1, 0.15) is 47.4 Å². The Morgan fingerprint density at radius 2 is 1.87 bits per heavy atom. The lowest BCUT2D eigenvalue weighted by Gasteiger charge is -2.32. The summed E-state index contributed by atoms with van der Waals surface area (Å²) in [4.78, 5) is 39.5. The smallest absolute Gasteiger partial charge is 0.339 e. The van der Waals surface area contributed by atoms with E-state index in [0.717, 1.165) is 12.8 Å². The molecule has 1 fully saturated rings. The summed E-state index contributed by atoms with van der Waals surface area (Å²) in [6.45, 7) is 4.74. The maximum absolute atomic E-state index is 13.1. The Hall–Kier alpha value is -3.35. The highest BCUT2D eigenvalue weighted by Crippen LogP contribution is 2.25. The number of hydrogen-bond donors (Lipinski definition) is 1. The Bertz CT molecular complexity index is 956. The number of urea groups is 1. The molecule has 0 spiro atoms. The van der Waals surface area contributed by atoms with Crippen LogP contribution >= 0.6 is 0 Å². The number of Topliss-reactive ketones (excluding diaryl/α,β-unsaturated/α-hetero) is 1. The maximum atomic E-state index is 13.1. The predicted octanol–water partition coefficient (Wildman–Crippen LogP) is 4.39. The molecule has 2 aromatic rings. The molecule has 31 heavy (non-hydrogen) atoms. The highest BCUT2D eigenvalue weighted by atomic mass is 16.5. The molecule has 1 heterocycles. The fourth-order valence-corrected chi connectivity index (χ4v) is 3.68. The van der Waals surface area contributed by atoms with Gasteiger partial charge in [0.05, 0.1) is 24.5 Å². The van der Waals surface area contributed by atoms with E-state index in [1.165, 1.54) is 7.11 Å². The Balaban J connectivity index is 1.69. The van der Waals surface area contributed by atoms with Crippen LogP contribution in [0.25, 0.3) is 0 Å². The number of ether oxygens (including phenoxy) is 2. The number of likely N-dealkylation sites (tertiary alicyclic amines) is 1. The van der Waals surface area contributed by atoms with E-state index in [0.29, 0.717) is 30.1 Å². The number of methoxy groups -OCH3 is 1. The van der Waals surface area contributed by atoms with Gasteiger partial charge in [0, 0.05) is 24.6 Å². The van der Waals surface area contributed by atoms with Crippen LogP contribution in [0.5, 0.6) is 5.75 Å². The highest BCUT2D eigenvalue weighted by Gasteiger charge is 2.29. The molecule has 2 amide bonds. The number of carbonyl (C=O) groups is 3. The largest absolute Gasteiger partial charge is 0.491 e. The lowest BCUT2D eigenvalue weighted by molar-refractivity contribution is 0.0601. The second-order valence-corrected chi connectivity index (χ2v) is 7.81. The molecule has 0 aliphatic carbocycles. The molecule has 1 aliphatic heterocycles. The van der Waals surface area contributed by atoms with Gasteiger partial charge in [-0.3, -0.25) is 4.79 Å². The first-order valence-corrected chi connectivity index (χ1v) is 10.4. The number of piperidine rings is 1. The number of esters is 1. The molecule has 0 radical (unpaired) electrons. The van der Waals surface area contributed by atoms with E-state index in [2.05, 4.69) is 5.32 Å². The lowest BCUT2D eigenvalue weighted by atomic mass is 9.90. The van der Waals surface area contributed by atoms with Gasteiger partial charge in [-0.2, -0.15) is 0 Å². The Labute approximate surface area is 182 Å². The monoisotopic (exact) mass is 424 g/mol. The van der Waals surface area contributed by atoms with Crippen LogP contribution in [0, 0.1) is 5.92 Å². The van der Waals surface area contributed by atoms with Crippen molar-refractivity contribution in [3.8, 4) is 5.75 Å². The van der Waals surface area contributed by atoms with Crippen molar-refractivity contribution < 1.29 is 23.9 Å². The summed E-state index contributed by atoms with van der Waals surface area (Å²) < 4.78 is 10.5. The van der Waals surface area contributed by atoms with Gasteiger partial charge in [0.1, 0.15) is 5.75 Å². The Kier molecular flexibility index (Phi) is 7.28. The summed E-state index contributed by atoms with van der Waals surface area (Å²) in [5.41, 5.74) is 1.25. The van der Waals surface area contributed by atoms with Crippen LogP contribution < -0.4 is 10.1 Å². The molecule has 3 rings (SSSR count). The predicted molar refractivity (Wildman–Crippen MR) is 118 cm³/mol. The van der Waals surface area contributed by atoms with E-state index < -0.39 is 5.97 Å². The van der Waals surface area contributed by atoms with Crippen LogP contribution in [0.4, 0.5) is 10.5 Å². The summed E-state index contributed by atoms with van der Waals surface area (Å²) in [6.07, 6.45) is 1.47. The van der Waals surface area contributed by atoms with Gasteiger partial charge in [-0.15, -0.1) is 0 Å². The topological polar surface area (TPSA) is 84.9 Å². The number of nitrogens with zero attached hydrogens (tertiary/aromatic N) is 1. The van der Waals surface area contributed by atoms with Crippen molar-refractivity contribution in [3.05, 3.63) is 59.7 Å². The fourth-order valence-electron chi connectivity index (χ4n) is 3.68. The van der Waals surface area contributed by atoms with Crippen molar-refractivity contribution in [3.63, 3.8) is 0 Å². The number of rotatable bonds is 6. The Morgan fingerprint density at radius 3 is 2.61 bits per heavy atom. The minimum atomic E-state index is -0.522. The molecule has 164 valence electrons. The number of para-hydroxylation sites is 1. The molecule has 0 unspecified atom stereocenters. The molecule has 7 nitrogen and oxygen atoms in total. The number of benzene rings is 2. The van der Waals surface area contributed by atoms with Crippen LogP contribution in [-0.4, -0.2) is 49.0 Å². The van der Waals surface area contributed by atoms with Gasteiger partial charge in [0.25, 0.3) is 0 Å². The lowest BCUT2D eigenvalue weighted by Crippen LogP contribution is -2.44. The third kappa shape index (κ3) is 5.63. The zero-order chi connectivity index (χ0) is 22.4. The van der Waals surface area contributed by atoms with Crippen molar-refractivity contribution in [1.29, 1.82) is 0 Å². The quantitative estimate of drug-likeness (QED) is 0.549. The van der Waals surface area contributed by atoms with Gasteiger partial charge in [-0.25, -0.2) is 9.59 Å². The number of carbonyl (C=O) groups excluding carboxylic acids is 3. The standard InChI is InChI=1S/C24H28N2O5/c1-16(2)31-19-10-6-8-17(14-19)22(27)18-9-7-13-26(15-18)24(29)25-21-12-5-4-11-20(21)23(28)30-3/h4-6,8,10-12,14,16,18H,7,9,13,15H2,1-3H3,(H,25,29)/t18-/m0/s1. The fraction of sp³-hybridized carbons (Fsp3) is 0.375. The highest BCUT2D eigenvalue weighted by molar-refractivity contribution is 6.01. The van der Waals surface area contributed by atoms with E-state index in [4.69, 9.17) is 9.47 Å². The van der Waals surface area contributed by atoms with E-state index in [9.17, 15) is 14.4 Å². The van der Waals surface area contributed by atoms with Gasteiger partial charge in [0.15, 0.2) is 5.78 Å². The second kappa shape index (κ2) is 10.1. The molecule has 0 bridgehead atoms. The van der Waals surface area contributed by atoms with Crippen LogP contribution in [0.15, 0.2) is 48.5 Å². The summed E-state index contributed by atoms with van der Waals surface area (Å²) in [6, 6.07) is 13.5. The summed E-state index contributed by atoms with van der Waals surface area (Å²) in [5, 5.41) is 2.78. The zero-order valence-electron chi connectivity index (χ0n) is 18.1. The number of amides is 2. The maximum Gasteiger partial charge on any atom is 0.339 e. The SMILES string of the molecule is COC(=O)c1ccccc1NC(=O)N1CCC[C@H](C(=O)c2cccc(OC(C)C)c2)C1. The molecule has 7 heteroatoms. The van der Waals surface area contributed by atoms with E-state index >= 15 is 0 Å². The third-order valence-corrected chi connectivity index (χ3v) is 5.14.